The molecule has 4 rings (SSSR count). The van der Waals surface area contributed by atoms with Crippen LogP contribution in [0.4, 0.5) is 5.69 Å². The van der Waals surface area contributed by atoms with Crippen molar-refractivity contribution in [3.8, 4) is 5.75 Å². The largest absolute Gasteiger partial charge is 0.494 e. The molecule has 1 saturated heterocycles. The van der Waals surface area contributed by atoms with Gasteiger partial charge in [-0.1, -0.05) is 49.2 Å². The van der Waals surface area contributed by atoms with Gasteiger partial charge in [0, 0.05) is 0 Å². The highest BCUT2D eigenvalue weighted by atomic mass is 35.5. The number of nitrogens with zero attached hydrogens (tertiary/aromatic N) is 1. The van der Waals surface area contributed by atoms with Gasteiger partial charge in [0.05, 0.1) is 47.7 Å². The Morgan fingerprint density at radius 3 is 2.40 bits per heavy atom. The van der Waals surface area contributed by atoms with E-state index in [-0.39, 0.29) is 5.91 Å². The van der Waals surface area contributed by atoms with Crippen LogP contribution < -0.4 is 9.64 Å². The van der Waals surface area contributed by atoms with Gasteiger partial charge < -0.3 is 19.1 Å². The number of ether oxygens (including phenoxy) is 3. The molecule has 2 aliphatic rings. The van der Waals surface area contributed by atoms with Crippen molar-refractivity contribution in [2.45, 2.75) is 39.0 Å². The van der Waals surface area contributed by atoms with E-state index in [4.69, 9.17) is 37.4 Å². The first-order valence-corrected chi connectivity index (χ1v) is 11.0. The maximum atomic E-state index is 13.5. The summed E-state index contributed by atoms with van der Waals surface area (Å²) in [6.45, 7) is 6.18. The van der Waals surface area contributed by atoms with Crippen molar-refractivity contribution in [2.75, 3.05) is 24.7 Å². The van der Waals surface area contributed by atoms with Crippen LogP contribution in [0.15, 0.2) is 36.4 Å². The molecule has 0 bridgehead atoms. The van der Waals surface area contributed by atoms with Crippen molar-refractivity contribution in [1.29, 1.82) is 0 Å². The fourth-order valence-corrected chi connectivity index (χ4v) is 4.28. The zero-order chi connectivity index (χ0) is 21.3. The SMILES string of the molecule is CC(C)CCOc1ccc(CN2C(=O)C3(OCCCO3)c3c(Cl)ccc(Cl)c32)cc1. The van der Waals surface area contributed by atoms with E-state index in [1.54, 1.807) is 17.0 Å². The number of halogens is 2. The summed E-state index contributed by atoms with van der Waals surface area (Å²) in [6.07, 6.45) is 1.73. The summed E-state index contributed by atoms with van der Waals surface area (Å²) in [4.78, 5) is 15.1. The first kappa shape index (κ1) is 21.4. The summed E-state index contributed by atoms with van der Waals surface area (Å²) >= 11 is 13.0. The van der Waals surface area contributed by atoms with Gasteiger partial charge in [0.25, 0.3) is 11.7 Å². The number of fused-ring (bicyclic) bond motifs is 2. The monoisotopic (exact) mass is 449 g/mol. The smallest absolute Gasteiger partial charge is 0.292 e. The zero-order valence-corrected chi connectivity index (χ0v) is 18.6. The van der Waals surface area contributed by atoms with Gasteiger partial charge in [0.2, 0.25) is 0 Å². The molecule has 1 fully saturated rings. The van der Waals surface area contributed by atoms with Crippen molar-refractivity contribution in [3.05, 3.63) is 57.6 Å². The third-order valence-electron chi connectivity index (χ3n) is 5.33. The Bertz CT molecular complexity index is 924. The summed E-state index contributed by atoms with van der Waals surface area (Å²) < 4.78 is 17.5. The predicted octanol–water partition coefficient (Wildman–Crippen LogP) is 5.55. The fraction of sp³-hybridized carbons (Fsp3) is 0.435. The molecule has 5 nitrogen and oxygen atoms in total. The lowest BCUT2D eigenvalue weighted by molar-refractivity contribution is -0.256. The fourth-order valence-electron chi connectivity index (χ4n) is 3.74. The van der Waals surface area contributed by atoms with E-state index in [9.17, 15) is 4.79 Å². The lowest BCUT2D eigenvalue weighted by Crippen LogP contribution is -2.47. The van der Waals surface area contributed by atoms with Gasteiger partial charge in [-0.25, -0.2) is 0 Å². The number of benzene rings is 2. The minimum Gasteiger partial charge on any atom is -0.494 e. The van der Waals surface area contributed by atoms with Gasteiger partial charge in [-0.15, -0.1) is 0 Å². The molecule has 0 unspecified atom stereocenters. The number of hydrogen-bond donors (Lipinski definition) is 0. The average Bonchev–Trinajstić information content (AvgIpc) is 2.96. The lowest BCUT2D eigenvalue weighted by Gasteiger charge is -2.32. The molecule has 0 radical (unpaired) electrons. The van der Waals surface area contributed by atoms with Crippen LogP contribution in [0.1, 0.15) is 37.8 Å². The Hall–Kier alpha value is -1.79. The number of hydrogen-bond acceptors (Lipinski definition) is 4. The highest BCUT2D eigenvalue weighted by molar-refractivity contribution is 6.38. The zero-order valence-electron chi connectivity index (χ0n) is 17.1. The van der Waals surface area contributed by atoms with Crippen LogP contribution in [0.5, 0.6) is 5.75 Å². The highest BCUT2D eigenvalue weighted by Crippen LogP contribution is 2.51. The summed E-state index contributed by atoms with van der Waals surface area (Å²) in [5, 5.41) is 0.840. The third kappa shape index (κ3) is 3.92. The van der Waals surface area contributed by atoms with Crippen LogP contribution in [0, 0.1) is 5.92 Å². The number of carbonyl (C=O) groups excluding carboxylic acids is 1. The second-order valence-electron chi connectivity index (χ2n) is 7.99. The molecule has 30 heavy (non-hydrogen) atoms. The van der Waals surface area contributed by atoms with Gasteiger partial charge in [-0.3, -0.25) is 4.79 Å². The molecule has 2 aromatic carbocycles. The standard InChI is InChI=1S/C23H25Cl2NO4/c1-15(2)10-13-28-17-6-4-16(5-7-17)14-26-21-19(25)9-8-18(24)20(21)23(22(26)27)29-11-3-12-30-23/h4-9,15H,3,10-14H2,1-2H3. The maximum Gasteiger partial charge on any atom is 0.292 e. The molecule has 2 heterocycles. The molecule has 0 saturated carbocycles. The Labute approximate surface area is 186 Å². The molecule has 2 aromatic rings. The predicted molar refractivity (Wildman–Crippen MR) is 117 cm³/mol. The molecule has 160 valence electrons. The maximum absolute atomic E-state index is 13.5. The van der Waals surface area contributed by atoms with E-state index in [1.807, 2.05) is 24.3 Å². The second kappa shape index (κ2) is 8.75. The third-order valence-corrected chi connectivity index (χ3v) is 5.95. The molecular weight excluding hydrogens is 425 g/mol. The molecule has 0 atom stereocenters. The van der Waals surface area contributed by atoms with Gasteiger partial charge in [0.15, 0.2) is 0 Å². The van der Waals surface area contributed by atoms with E-state index >= 15 is 0 Å². The van der Waals surface area contributed by atoms with E-state index in [2.05, 4.69) is 13.8 Å². The van der Waals surface area contributed by atoms with Crippen molar-refractivity contribution >= 4 is 34.8 Å². The normalized spacial score (nSPS) is 17.6. The van der Waals surface area contributed by atoms with Crippen molar-refractivity contribution in [1.82, 2.24) is 0 Å². The van der Waals surface area contributed by atoms with Gasteiger partial charge in [0.1, 0.15) is 5.75 Å². The quantitative estimate of drug-likeness (QED) is 0.579. The van der Waals surface area contributed by atoms with E-state index in [1.165, 1.54) is 0 Å². The molecule has 0 N–H and O–H groups in total. The molecular formula is C23H25Cl2NO4. The highest BCUT2D eigenvalue weighted by Gasteiger charge is 2.56. The van der Waals surface area contributed by atoms with Crippen LogP contribution in [0.3, 0.4) is 0 Å². The Kier molecular flexibility index (Phi) is 6.26. The minimum atomic E-state index is -1.52. The van der Waals surface area contributed by atoms with E-state index in [0.29, 0.717) is 53.6 Å². The Balaban J connectivity index is 1.59. The van der Waals surface area contributed by atoms with Crippen molar-refractivity contribution < 1.29 is 19.0 Å². The number of rotatable bonds is 6. The molecule has 1 spiro atoms. The molecule has 0 aliphatic carbocycles. The lowest BCUT2D eigenvalue weighted by atomic mass is 10.1. The number of amides is 1. The number of anilines is 1. The molecule has 1 amide bonds. The second-order valence-corrected chi connectivity index (χ2v) is 8.80. The summed E-state index contributed by atoms with van der Waals surface area (Å²) in [6, 6.07) is 11.1. The average molecular weight is 450 g/mol. The van der Waals surface area contributed by atoms with Crippen molar-refractivity contribution in [3.63, 3.8) is 0 Å². The molecule has 0 aromatic heterocycles. The van der Waals surface area contributed by atoms with Crippen LogP contribution in [0.2, 0.25) is 10.0 Å². The Morgan fingerprint density at radius 1 is 1.07 bits per heavy atom. The van der Waals surface area contributed by atoms with Gasteiger partial charge in [-0.05, 0) is 48.6 Å². The van der Waals surface area contributed by atoms with Crippen LogP contribution in [-0.2, 0) is 26.6 Å². The topological polar surface area (TPSA) is 48.0 Å². The van der Waals surface area contributed by atoms with E-state index in [0.717, 1.165) is 24.2 Å². The van der Waals surface area contributed by atoms with Gasteiger partial charge >= 0.3 is 0 Å². The molecule has 7 heteroatoms. The van der Waals surface area contributed by atoms with E-state index < -0.39 is 5.79 Å². The summed E-state index contributed by atoms with van der Waals surface area (Å²) in [7, 11) is 0. The first-order valence-electron chi connectivity index (χ1n) is 10.2. The summed E-state index contributed by atoms with van der Waals surface area (Å²) in [5.41, 5.74) is 1.98. The van der Waals surface area contributed by atoms with Gasteiger partial charge in [-0.2, -0.15) is 0 Å². The van der Waals surface area contributed by atoms with Crippen LogP contribution in [-0.4, -0.2) is 25.7 Å². The summed E-state index contributed by atoms with van der Waals surface area (Å²) in [5.74, 6) is -0.415. The minimum absolute atomic E-state index is 0.301. The van der Waals surface area contributed by atoms with Crippen molar-refractivity contribution in [2.24, 2.45) is 5.92 Å². The van der Waals surface area contributed by atoms with Crippen LogP contribution in [0.25, 0.3) is 0 Å². The van der Waals surface area contributed by atoms with Crippen LogP contribution >= 0.6 is 23.2 Å². The molecule has 2 aliphatic heterocycles. The Morgan fingerprint density at radius 2 is 1.73 bits per heavy atom. The number of carbonyl (C=O) groups is 1. The first-order chi connectivity index (χ1) is 14.4.